The van der Waals surface area contributed by atoms with E-state index in [9.17, 15) is 14.0 Å². The molecule has 1 amide bonds. The quantitative estimate of drug-likeness (QED) is 0.860. The summed E-state index contributed by atoms with van der Waals surface area (Å²) in [5, 5.41) is 8.95. The topological polar surface area (TPSA) is 76.1 Å². The highest BCUT2D eigenvalue weighted by Gasteiger charge is 2.36. The maximum absolute atomic E-state index is 13.6. The average Bonchev–Trinajstić information content (AvgIpc) is 2.90. The Labute approximate surface area is 133 Å². The number of carbonyl (C=O) groups excluding carboxylic acids is 1. The van der Waals surface area contributed by atoms with E-state index in [4.69, 9.17) is 14.6 Å². The van der Waals surface area contributed by atoms with Gasteiger partial charge in [-0.25, -0.2) is 4.39 Å². The molecule has 23 heavy (non-hydrogen) atoms. The SMILES string of the molecule is CO[C@H]1C[C@H](CC(=O)O)N(C(=O)COc2cc(C)ccc2F)C1. The van der Waals surface area contributed by atoms with Gasteiger partial charge in [0, 0.05) is 19.7 Å². The van der Waals surface area contributed by atoms with E-state index < -0.39 is 17.8 Å². The van der Waals surface area contributed by atoms with Crippen LogP contribution in [-0.2, 0) is 14.3 Å². The Hall–Kier alpha value is -2.15. The lowest BCUT2D eigenvalue weighted by Crippen LogP contribution is -2.40. The molecule has 0 spiro atoms. The van der Waals surface area contributed by atoms with E-state index in [0.717, 1.165) is 5.56 Å². The molecule has 1 fully saturated rings. The number of amides is 1. The van der Waals surface area contributed by atoms with E-state index in [1.54, 1.807) is 13.0 Å². The number of aliphatic carboxylic acids is 1. The molecule has 0 aliphatic carbocycles. The lowest BCUT2D eigenvalue weighted by atomic mass is 10.1. The molecule has 6 nitrogen and oxygen atoms in total. The van der Waals surface area contributed by atoms with Gasteiger partial charge < -0.3 is 19.5 Å². The van der Waals surface area contributed by atoms with E-state index in [0.29, 0.717) is 13.0 Å². The van der Waals surface area contributed by atoms with Crippen molar-refractivity contribution in [1.29, 1.82) is 0 Å². The second-order valence-corrected chi connectivity index (χ2v) is 5.61. The zero-order chi connectivity index (χ0) is 17.0. The monoisotopic (exact) mass is 325 g/mol. The van der Waals surface area contributed by atoms with E-state index in [2.05, 4.69) is 0 Å². The first kappa shape index (κ1) is 17.2. The number of carbonyl (C=O) groups is 2. The number of likely N-dealkylation sites (tertiary alicyclic amines) is 1. The fourth-order valence-electron chi connectivity index (χ4n) is 2.69. The van der Waals surface area contributed by atoms with Crippen LogP contribution in [0.4, 0.5) is 4.39 Å². The van der Waals surface area contributed by atoms with Crippen molar-refractivity contribution in [1.82, 2.24) is 4.90 Å². The van der Waals surface area contributed by atoms with Crippen molar-refractivity contribution in [3.05, 3.63) is 29.6 Å². The number of benzene rings is 1. The number of carboxylic acids is 1. The molecule has 1 aliphatic rings. The van der Waals surface area contributed by atoms with Crippen LogP contribution in [-0.4, -0.2) is 54.3 Å². The molecular weight excluding hydrogens is 305 g/mol. The summed E-state index contributed by atoms with van der Waals surface area (Å²) < 4.78 is 24.1. The number of rotatable bonds is 6. The first-order valence-electron chi connectivity index (χ1n) is 7.33. The van der Waals surface area contributed by atoms with Crippen molar-refractivity contribution in [3.63, 3.8) is 0 Å². The van der Waals surface area contributed by atoms with Crippen LogP contribution in [0, 0.1) is 12.7 Å². The third-order valence-corrected chi connectivity index (χ3v) is 3.88. The largest absolute Gasteiger partial charge is 0.481 e. The van der Waals surface area contributed by atoms with Crippen LogP contribution in [0.1, 0.15) is 18.4 Å². The van der Waals surface area contributed by atoms with Crippen LogP contribution in [0.2, 0.25) is 0 Å². The smallest absolute Gasteiger partial charge is 0.305 e. The molecule has 0 unspecified atom stereocenters. The fourth-order valence-corrected chi connectivity index (χ4v) is 2.69. The van der Waals surface area contributed by atoms with Gasteiger partial charge in [0.25, 0.3) is 5.91 Å². The Balaban J connectivity index is 2.00. The van der Waals surface area contributed by atoms with Crippen LogP contribution in [0.25, 0.3) is 0 Å². The van der Waals surface area contributed by atoms with Gasteiger partial charge in [-0.1, -0.05) is 6.07 Å². The second kappa shape index (κ2) is 7.41. The standard InChI is InChI=1S/C16H20FNO5/c1-10-3-4-13(17)14(5-10)23-9-15(19)18-8-12(22-2)6-11(18)7-16(20)21/h3-5,11-12H,6-9H2,1-2H3,(H,20,21)/t11-,12+/m1/s1. The van der Waals surface area contributed by atoms with Crippen LogP contribution in [0.3, 0.4) is 0 Å². The molecule has 1 saturated heterocycles. The van der Waals surface area contributed by atoms with Crippen LogP contribution in [0.5, 0.6) is 5.75 Å². The predicted octanol–water partition coefficient (Wildman–Crippen LogP) is 1.60. The predicted molar refractivity (Wildman–Crippen MR) is 79.8 cm³/mol. The van der Waals surface area contributed by atoms with Gasteiger partial charge in [-0.3, -0.25) is 9.59 Å². The average molecular weight is 325 g/mol. The summed E-state index contributed by atoms with van der Waals surface area (Å²) in [5.41, 5.74) is 0.818. The van der Waals surface area contributed by atoms with Gasteiger partial charge in [-0.05, 0) is 31.0 Å². The van der Waals surface area contributed by atoms with Crippen molar-refractivity contribution in [2.45, 2.75) is 31.9 Å². The summed E-state index contributed by atoms with van der Waals surface area (Å²) in [7, 11) is 1.52. The third kappa shape index (κ3) is 4.41. The third-order valence-electron chi connectivity index (χ3n) is 3.88. The molecule has 0 aromatic heterocycles. The van der Waals surface area contributed by atoms with Crippen molar-refractivity contribution < 1.29 is 28.6 Å². The van der Waals surface area contributed by atoms with Crippen molar-refractivity contribution in [3.8, 4) is 5.75 Å². The molecule has 0 saturated carbocycles. The maximum Gasteiger partial charge on any atom is 0.305 e. The lowest BCUT2D eigenvalue weighted by Gasteiger charge is -2.23. The zero-order valence-corrected chi connectivity index (χ0v) is 13.1. The molecule has 126 valence electrons. The van der Waals surface area contributed by atoms with Crippen molar-refractivity contribution >= 4 is 11.9 Å². The summed E-state index contributed by atoms with van der Waals surface area (Å²) in [6.07, 6.45) is 0.122. The number of hydrogen-bond acceptors (Lipinski definition) is 4. The van der Waals surface area contributed by atoms with E-state index >= 15 is 0 Å². The minimum atomic E-state index is -0.977. The Kier molecular flexibility index (Phi) is 5.54. The highest BCUT2D eigenvalue weighted by molar-refractivity contribution is 5.79. The van der Waals surface area contributed by atoms with Crippen LogP contribution >= 0.6 is 0 Å². The van der Waals surface area contributed by atoms with Gasteiger partial charge in [-0.15, -0.1) is 0 Å². The maximum atomic E-state index is 13.6. The summed E-state index contributed by atoms with van der Waals surface area (Å²) in [6, 6.07) is 3.96. The zero-order valence-electron chi connectivity index (χ0n) is 13.1. The molecule has 1 heterocycles. The van der Waals surface area contributed by atoms with E-state index in [-0.39, 0.29) is 30.8 Å². The van der Waals surface area contributed by atoms with Gasteiger partial charge in [0.1, 0.15) is 0 Å². The van der Waals surface area contributed by atoms with Crippen LogP contribution in [0.15, 0.2) is 18.2 Å². The minimum Gasteiger partial charge on any atom is -0.481 e. The summed E-state index contributed by atoms with van der Waals surface area (Å²) >= 11 is 0. The molecule has 0 radical (unpaired) electrons. The van der Waals surface area contributed by atoms with Crippen molar-refractivity contribution in [2.75, 3.05) is 20.3 Å². The number of hydrogen-bond donors (Lipinski definition) is 1. The van der Waals surface area contributed by atoms with Crippen LogP contribution < -0.4 is 4.74 Å². The normalized spacial score (nSPS) is 20.6. The number of aryl methyl sites for hydroxylation is 1. The van der Waals surface area contributed by atoms with E-state index in [1.807, 2.05) is 0 Å². The highest BCUT2D eigenvalue weighted by atomic mass is 19.1. The summed E-state index contributed by atoms with van der Waals surface area (Å²) in [5.74, 6) is -1.88. The summed E-state index contributed by atoms with van der Waals surface area (Å²) in [6.45, 7) is 1.76. The molecule has 2 rings (SSSR count). The molecule has 7 heteroatoms. The van der Waals surface area contributed by atoms with Gasteiger partial charge in [0.15, 0.2) is 18.2 Å². The number of nitrogens with zero attached hydrogens (tertiary/aromatic N) is 1. The molecule has 1 aliphatic heterocycles. The molecule has 1 aromatic rings. The number of halogens is 1. The minimum absolute atomic E-state index is 0.00984. The van der Waals surface area contributed by atoms with Gasteiger partial charge >= 0.3 is 5.97 Å². The highest BCUT2D eigenvalue weighted by Crippen LogP contribution is 2.24. The molecule has 0 bridgehead atoms. The summed E-state index contributed by atoms with van der Waals surface area (Å²) in [4.78, 5) is 24.7. The second-order valence-electron chi connectivity index (χ2n) is 5.61. The van der Waals surface area contributed by atoms with E-state index in [1.165, 1.54) is 24.1 Å². The molecule has 2 atom stereocenters. The molecule has 1 N–H and O–H groups in total. The molecule has 1 aromatic carbocycles. The van der Waals surface area contributed by atoms with Gasteiger partial charge in [0.2, 0.25) is 0 Å². The van der Waals surface area contributed by atoms with Gasteiger partial charge in [0.05, 0.1) is 12.5 Å². The first-order valence-corrected chi connectivity index (χ1v) is 7.33. The lowest BCUT2D eigenvalue weighted by molar-refractivity contribution is -0.140. The first-order chi connectivity index (χ1) is 10.9. The fraction of sp³-hybridized carbons (Fsp3) is 0.500. The number of carboxylic acid groups (broad SMARTS) is 1. The number of methoxy groups -OCH3 is 1. The number of ether oxygens (including phenoxy) is 2. The Morgan fingerprint density at radius 2 is 2.17 bits per heavy atom. The Morgan fingerprint density at radius 3 is 2.83 bits per heavy atom. The van der Waals surface area contributed by atoms with Crippen molar-refractivity contribution in [2.24, 2.45) is 0 Å². The Bertz CT molecular complexity index is 592. The molecular formula is C16H20FNO5. The Morgan fingerprint density at radius 1 is 1.43 bits per heavy atom. The van der Waals surface area contributed by atoms with Gasteiger partial charge in [-0.2, -0.15) is 0 Å².